The van der Waals surface area contributed by atoms with Crippen molar-refractivity contribution in [3.05, 3.63) is 30.1 Å². The molecule has 2 heterocycles. The number of aromatic nitrogens is 1. The van der Waals surface area contributed by atoms with Crippen LogP contribution < -0.4 is 5.32 Å². The third-order valence-electron chi connectivity index (χ3n) is 4.48. The van der Waals surface area contributed by atoms with E-state index >= 15 is 0 Å². The SMILES string of the molecule is O=C(NC1CCCCC1)N1CCCC1c1ccccn1. The van der Waals surface area contributed by atoms with Gasteiger partial charge in [-0.2, -0.15) is 0 Å². The highest BCUT2D eigenvalue weighted by Gasteiger charge is 2.31. The number of pyridine rings is 1. The molecule has 0 spiro atoms. The lowest BCUT2D eigenvalue weighted by molar-refractivity contribution is 0.184. The van der Waals surface area contributed by atoms with Crippen LogP contribution in [0.15, 0.2) is 24.4 Å². The van der Waals surface area contributed by atoms with E-state index in [4.69, 9.17) is 0 Å². The van der Waals surface area contributed by atoms with E-state index in [2.05, 4.69) is 10.3 Å². The highest BCUT2D eigenvalue weighted by Crippen LogP contribution is 2.30. The fourth-order valence-electron chi connectivity index (χ4n) is 3.39. The molecule has 4 heteroatoms. The second-order valence-corrected chi connectivity index (χ2v) is 5.89. The second kappa shape index (κ2) is 6.25. The first-order valence-electron chi connectivity index (χ1n) is 7.82. The summed E-state index contributed by atoms with van der Waals surface area (Å²) < 4.78 is 0. The molecule has 1 aliphatic carbocycles. The maximum Gasteiger partial charge on any atom is 0.318 e. The van der Waals surface area contributed by atoms with Crippen LogP contribution in [0.5, 0.6) is 0 Å². The summed E-state index contributed by atoms with van der Waals surface area (Å²) in [6.07, 6.45) is 9.97. The molecule has 1 unspecified atom stereocenters. The van der Waals surface area contributed by atoms with Crippen LogP contribution in [0.25, 0.3) is 0 Å². The van der Waals surface area contributed by atoms with Crippen LogP contribution in [-0.4, -0.2) is 28.5 Å². The van der Waals surface area contributed by atoms with Gasteiger partial charge in [-0.3, -0.25) is 4.98 Å². The minimum Gasteiger partial charge on any atom is -0.335 e. The van der Waals surface area contributed by atoms with E-state index in [0.29, 0.717) is 6.04 Å². The Balaban J connectivity index is 1.64. The van der Waals surface area contributed by atoms with Gasteiger partial charge in [0, 0.05) is 18.8 Å². The molecule has 3 rings (SSSR count). The molecule has 0 bridgehead atoms. The number of urea groups is 1. The van der Waals surface area contributed by atoms with Crippen LogP contribution in [0, 0.1) is 0 Å². The van der Waals surface area contributed by atoms with E-state index in [-0.39, 0.29) is 12.1 Å². The first kappa shape index (κ1) is 13.4. The van der Waals surface area contributed by atoms with Crippen molar-refractivity contribution in [2.75, 3.05) is 6.54 Å². The van der Waals surface area contributed by atoms with Crippen molar-refractivity contribution in [1.82, 2.24) is 15.2 Å². The molecule has 1 N–H and O–H groups in total. The predicted molar refractivity (Wildman–Crippen MR) is 78.3 cm³/mol. The summed E-state index contributed by atoms with van der Waals surface area (Å²) in [7, 11) is 0. The minimum absolute atomic E-state index is 0.102. The number of hydrogen-bond donors (Lipinski definition) is 1. The van der Waals surface area contributed by atoms with Crippen LogP contribution in [-0.2, 0) is 0 Å². The van der Waals surface area contributed by atoms with Crippen LogP contribution >= 0.6 is 0 Å². The smallest absolute Gasteiger partial charge is 0.318 e. The summed E-state index contributed by atoms with van der Waals surface area (Å²) >= 11 is 0. The molecule has 1 saturated heterocycles. The van der Waals surface area contributed by atoms with Crippen molar-refractivity contribution >= 4 is 6.03 Å². The van der Waals surface area contributed by atoms with Crippen LogP contribution in [0.3, 0.4) is 0 Å². The molecule has 1 aromatic heterocycles. The summed E-state index contributed by atoms with van der Waals surface area (Å²) in [5, 5.41) is 3.22. The zero-order valence-electron chi connectivity index (χ0n) is 11.9. The average Bonchev–Trinajstić information content (AvgIpc) is 2.99. The highest BCUT2D eigenvalue weighted by molar-refractivity contribution is 5.75. The Bertz CT molecular complexity index is 442. The Kier molecular flexibility index (Phi) is 4.19. The zero-order chi connectivity index (χ0) is 13.8. The molecule has 0 aromatic carbocycles. The maximum atomic E-state index is 12.5. The number of nitrogens with one attached hydrogen (secondary N) is 1. The molecule has 2 aliphatic rings. The number of rotatable bonds is 2. The first-order chi connectivity index (χ1) is 9.84. The van der Waals surface area contributed by atoms with Gasteiger partial charge in [-0.1, -0.05) is 25.3 Å². The lowest BCUT2D eigenvalue weighted by atomic mass is 9.96. The Labute approximate surface area is 120 Å². The summed E-state index contributed by atoms with van der Waals surface area (Å²) in [5.74, 6) is 0. The second-order valence-electron chi connectivity index (χ2n) is 5.89. The Morgan fingerprint density at radius 1 is 1.15 bits per heavy atom. The lowest BCUT2D eigenvalue weighted by Crippen LogP contribution is -2.45. The van der Waals surface area contributed by atoms with Gasteiger partial charge in [0.05, 0.1) is 11.7 Å². The third kappa shape index (κ3) is 2.94. The van der Waals surface area contributed by atoms with E-state index in [1.807, 2.05) is 29.3 Å². The molecular weight excluding hydrogens is 250 g/mol. The molecule has 1 atom stereocenters. The number of likely N-dealkylation sites (tertiary alicyclic amines) is 1. The van der Waals surface area contributed by atoms with Gasteiger partial charge in [0.2, 0.25) is 0 Å². The van der Waals surface area contributed by atoms with Gasteiger partial charge >= 0.3 is 6.03 Å². The van der Waals surface area contributed by atoms with E-state index in [1.54, 1.807) is 0 Å². The number of carbonyl (C=O) groups is 1. The number of carbonyl (C=O) groups excluding carboxylic acids is 1. The maximum absolute atomic E-state index is 12.5. The normalized spacial score (nSPS) is 23.8. The average molecular weight is 273 g/mol. The topological polar surface area (TPSA) is 45.2 Å². The van der Waals surface area contributed by atoms with Gasteiger partial charge in [0.25, 0.3) is 0 Å². The van der Waals surface area contributed by atoms with Gasteiger partial charge in [0.1, 0.15) is 0 Å². The van der Waals surface area contributed by atoms with Crippen LogP contribution in [0.1, 0.15) is 56.7 Å². The van der Waals surface area contributed by atoms with Crippen molar-refractivity contribution in [2.45, 2.75) is 57.0 Å². The van der Waals surface area contributed by atoms with Crippen molar-refractivity contribution in [3.63, 3.8) is 0 Å². The first-order valence-corrected chi connectivity index (χ1v) is 7.82. The van der Waals surface area contributed by atoms with Crippen molar-refractivity contribution in [1.29, 1.82) is 0 Å². The molecule has 1 saturated carbocycles. The Morgan fingerprint density at radius 3 is 2.75 bits per heavy atom. The summed E-state index contributed by atoms with van der Waals surface area (Å²) in [4.78, 5) is 18.9. The lowest BCUT2D eigenvalue weighted by Gasteiger charge is -2.29. The molecule has 2 fully saturated rings. The van der Waals surface area contributed by atoms with E-state index in [1.165, 1.54) is 19.3 Å². The monoisotopic (exact) mass is 273 g/mol. The number of amides is 2. The quantitative estimate of drug-likeness (QED) is 0.899. The van der Waals surface area contributed by atoms with E-state index in [9.17, 15) is 4.79 Å². The minimum atomic E-state index is 0.102. The highest BCUT2D eigenvalue weighted by atomic mass is 16.2. The number of hydrogen-bond acceptors (Lipinski definition) is 2. The molecular formula is C16H23N3O. The Morgan fingerprint density at radius 2 is 2.00 bits per heavy atom. The standard InChI is InChI=1S/C16H23N3O/c20-16(18-13-7-2-1-3-8-13)19-12-6-10-15(19)14-9-4-5-11-17-14/h4-5,9,11,13,15H,1-3,6-8,10,12H2,(H,18,20). The van der Waals surface area contributed by atoms with E-state index < -0.39 is 0 Å². The largest absolute Gasteiger partial charge is 0.335 e. The Hall–Kier alpha value is -1.58. The van der Waals surface area contributed by atoms with E-state index in [0.717, 1.165) is 37.9 Å². The summed E-state index contributed by atoms with van der Waals surface area (Å²) in [5.41, 5.74) is 1.02. The van der Waals surface area contributed by atoms with Crippen LogP contribution in [0.4, 0.5) is 4.79 Å². The van der Waals surface area contributed by atoms with Gasteiger partial charge in [-0.25, -0.2) is 4.79 Å². The van der Waals surface area contributed by atoms with Gasteiger partial charge in [0.15, 0.2) is 0 Å². The van der Waals surface area contributed by atoms with Crippen LogP contribution in [0.2, 0.25) is 0 Å². The van der Waals surface area contributed by atoms with Crippen molar-refractivity contribution in [2.24, 2.45) is 0 Å². The summed E-state index contributed by atoms with van der Waals surface area (Å²) in [6, 6.07) is 6.57. The third-order valence-corrected chi connectivity index (χ3v) is 4.48. The molecule has 20 heavy (non-hydrogen) atoms. The van der Waals surface area contributed by atoms with Gasteiger partial charge < -0.3 is 10.2 Å². The summed E-state index contributed by atoms with van der Waals surface area (Å²) in [6.45, 7) is 0.847. The molecule has 108 valence electrons. The fourth-order valence-corrected chi connectivity index (χ4v) is 3.39. The number of nitrogens with zero attached hydrogens (tertiary/aromatic N) is 2. The molecule has 1 aliphatic heterocycles. The fraction of sp³-hybridized carbons (Fsp3) is 0.625. The molecule has 0 radical (unpaired) electrons. The van der Waals surface area contributed by atoms with Gasteiger partial charge in [-0.05, 0) is 37.8 Å². The molecule has 4 nitrogen and oxygen atoms in total. The van der Waals surface area contributed by atoms with Crippen molar-refractivity contribution < 1.29 is 4.79 Å². The molecule has 2 amide bonds. The zero-order valence-corrected chi connectivity index (χ0v) is 11.9. The molecule has 1 aromatic rings. The predicted octanol–water partition coefficient (Wildman–Crippen LogP) is 3.26. The van der Waals surface area contributed by atoms with Gasteiger partial charge in [-0.15, -0.1) is 0 Å². The van der Waals surface area contributed by atoms with Crippen molar-refractivity contribution in [3.8, 4) is 0 Å².